The number of amides is 1. The number of benzene rings is 2. The maximum absolute atomic E-state index is 13.8. The van der Waals surface area contributed by atoms with E-state index in [1.165, 1.54) is 6.42 Å². The van der Waals surface area contributed by atoms with E-state index in [9.17, 15) is 22.4 Å². The Bertz CT molecular complexity index is 1090. The van der Waals surface area contributed by atoms with Crippen LogP contribution >= 0.6 is 0 Å². The van der Waals surface area contributed by atoms with Crippen LogP contribution in [0.3, 0.4) is 0 Å². The van der Waals surface area contributed by atoms with Crippen LogP contribution in [0.15, 0.2) is 48.5 Å². The van der Waals surface area contributed by atoms with Gasteiger partial charge in [-0.3, -0.25) is 9.69 Å². The standard InChI is InChI=1S/C22H21F4N5O/c23-16-7-9-18(10-8-16)31-20(22(24,25)26)19(28-29-31)21(32)27-17-6-4-5-15(13-17)14-30-11-2-1-3-12-30/h4-10,13H,1-3,11-12,14H2,(H,27,32). The Balaban J connectivity index is 1.57. The molecule has 1 amide bonds. The molecule has 32 heavy (non-hydrogen) atoms. The van der Waals surface area contributed by atoms with Crippen LogP contribution in [0.1, 0.15) is 41.0 Å². The average Bonchev–Trinajstić information content (AvgIpc) is 3.21. The molecule has 2 aromatic carbocycles. The summed E-state index contributed by atoms with van der Waals surface area (Å²) in [6.07, 6.45) is -1.41. The number of carbonyl (C=O) groups excluding carboxylic acids is 1. The van der Waals surface area contributed by atoms with Crippen molar-refractivity contribution in [2.75, 3.05) is 18.4 Å². The summed E-state index contributed by atoms with van der Waals surface area (Å²) in [4.78, 5) is 15.0. The van der Waals surface area contributed by atoms with Crippen LogP contribution < -0.4 is 5.32 Å². The van der Waals surface area contributed by atoms with Crippen LogP contribution in [0.4, 0.5) is 23.2 Å². The van der Waals surface area contributed by atoms with Crippen LogP contribution in [-0.2, 0) is 12.7 Å². The smallest absolute Gasteiger partial charge is 0.321 e. The van der Waals surface area contributed by atoms with E-state index in [4.69, 9.17) is 0 Å². The van der Waals surface area contributed by atoms with Gasteiger partial charge in [-0.15, -0.1) is 5.10 Å². The Morgan fingerprint density at radius 3 is 2.44 bits per heavy atom. The van der Waals surface area contributed by atoms with Crippen molar-refractivity contribution >= 4 is 11.6 Å². The third-order valence-electron chi connectivity index (χ3n) is 5.26. The predicted molar refractivity (Wildman–Crippen MR) is 110 cm³/mol. The Labute approximate surface area is 181 Å². The van der Waals surface area contributed by atoms with Crippen molar-refractivity contribution in [1.29, 1.82) is 0 Å². The number of likely N-dealkylation sites (tertiary alicyclic amines) is 1. The van der Waals surface area contributed by atoms with Gasteiger partial charge in [0.25, 0.3) is 5.91 Å². The van der Waals surface area contributed by atoms with Gasteiger partial charge in [-0.25, -0.2) is 9.07 Å². The molecule has 0 bridgehead atoms. The molecule has 4 rings (SSSR count). The largest absolute Gasteiger partial charge is 0.435 e. The summed E-state index contributed by atoms with van der Waals surface area (Å²) in [5, 5.41) is 9.46. The number of nitrogens with zero attached hydrogens (tertiary/aromatic N) is 4. The van der Waals surface area contributed by atoms with Crippen molar-refractivity contribution in [1.82, 2.24) is 19.9 Å². The number of rotatable bonds is 5. The quantitative estimate of drug-likeness (QED) is 0.578. The minimum Gasteiger partial charge on any atom is -0.321 e. The van der Waals surface area contributed by atoms with Crippen molar-refractivity contribution in [2.45, 2.75) is 32.0 Å². The number of anilines is 1. The van der Waals surface area contributed by atoms with Crippen molar-refractivity contribution < 1.29 is 22.4 Å². The van der Waals surface area contributed by atoms with Gasteiger partial charge in [0.05, 0.1) is 5.69 Å². The minimum absolute atomic E-state index is 0.0613. The molecule has 6 nitrogen and oxygen atoms in total. The topological polar surface area (TPSA) is 63.1 Å². The van der Waals surface area contributed by atoms with Gasteiger partial charge < -0.3 is 5.32 Å². The molecule has 10 heteroatoms. The molecule has 0 radical (unpaired) electrons. The molecule has 1 aromatic heterocycles. The normalized spacial score (nSPS) is 15.0. The molecule has 0 atom stereocenters. The lowest BCUT2D eigenvalue weighted by Crippen LogP contribution is -2.29. The molecule has 0 aliphatic carbocycles. The van der Waals surface area contributed by atoms with E-state index >= 15 is 0 Å². The maximum atomic E-state index is 13.8. The Morgan fingerprint density at radius 1 is 1.03 bits per heavy atom. The summed E-state index contributed by atoms with van der Waals surface area (Å²) >= 11 is 0. The first-order chi connectivity index (χ1) is 15.3. The Hall–Kier alpha value is -3.27. The Kier molecular flexibility index (Phi) is 6.22. The fourth-order valence-corrected chi connectivity index (χ4v) is 3.77. The monoisotopic (exact) mass is 447 g/mol. The van der Waals surface area contributed by atoms with Gasteiger partial charge in [-0.05, 0) is 67.9 Å². The van der Waals surface area contributed by atoms with E-state index < -0.39 is 29.3 Å². The first-order valence-corrected chi connectivity index (χ1v) is 10.2. The molecule has 0 unspecified atom stereocenters. The first-order valence-electron chi connectivity index (χ1n) is 10.2. The van der Waals surface area contributed by atoms with Crippen LogP contribution in [0.2, 0.25) is 0 Å². The van der Waals surface area contributed by atoms with Crippen molar-refractivity contribution in [3.63, 3.8) is 0 Å². The van der Waals surface area contributed by atoms with E-state index in [0.717, 1.165) is 55.8 Å². The number of hydrogen-bond acceptors (Lipinski definition) is 4. The molecular weight excluding hydrogens is 426 g/mol. The summed E-state index contributed by atoms with van der Waals surface area (Å²) in [6, 6.07) is 11.3. The van der Waals surface area contributed by atoms with E-state index in [2.05, 4.69) is 20.5 Å². The predicted octanol–water partition coefficient (Wildman–Crippen LogP) is 4.66. The SMILES string of the molecule is O=C(Nc1cccc(CN2CCCCC2)c1)c1nnn(-c2ccc(F)cc2)c1C(F)(F)F. The molecule has 1 N–H and O–H groups in total. The zero-order valence-corrected chi connectivity index (χ0v) is 17.1. The molecule has 0 spiro atoms. The summed E-state index contributed by atoms with van der Waals surface area (Å²) in [7, 11) is 0. The molecule has 3 aromatic rings. The molecular formula is C22H21F4N5O. The van der Waals surface area contributed by atoms with Crippen LogP contribution in [0.5, 0.6) is 0 Å². The summed E-state index contributed by atoms with van der Waals surface area (Å²) in [5.74, 6) is -1.63. The second-order valence-electron chi connectivity index (χ2n) is 7.66. The van der Waals surface area contributed by atoms with E-state index in [1.54, 1.807) is 18.2 Å². The fourth-order valence-electron chi connectivity index (χ4n) is 3.77. The molecule has 1 aliphatic heterocycles. The van der Waals surface area contributed by atoms with Crippen LogP contribution in [-0.4, -0.2) is 38.9 Å². The number of hydrogen-bond donors (Lipinski definition) is 1. The number of halogens is 4. The lowest BCUT2D eigenvalue weighted by Gasteiger charge is -2.26. The summed E-state index contributed by atoms with van der Waals surface area (Å²) < 4.78 is 55.0. The molecule has 1 fully saturated rings. The van der Waals surface area contributed by atoms with Gasteiger partial charge in [0.2, 0.25) is 0 Å². The van der Waals surface area contributed by atoms with Crippen molar-refractivity contribution in [3.8, 4) is 5.69 Å². The summed E-state index contributed by atoms with van der Waals surface area (Å²) in [5.41, 5.74) is -0.923. The minimum atomic E-state index is -4.90. The number of aromatic nitrogens is 3. The number of nitrogens with one attached hydrogen (secondary N) is 1. The van der Waals surface area contributed by atoms with Gasteiger partial charge in [0, 0.05) is 12.2 Å². The molecule has 1 saturated heterocycles. The Morgan fingerprint density at radius 2 is 1.75 bits per heavy atom. The third kappa shape index (κ3) is 4.96. The fraction of sp³-hybridized carbons (Fsp3) is 0.318. The average molecular weight is 447 g/mol. The van der Waals surface area contributed by atoms with E-state index in [0.29, 0.717) is 16.9 Å². The van der Waals surface area contributed by atoms with E-state index in [-0.39, 0.29) is 5.69 Å². The second-order valence-corrected chi connectivity index (χ2v) is 7.66. The van der Waals surface area contributed by atoms with Crippen LogP contribution in [0, 0.1) is 5.82 Å². The van der Waals surface area contributed by atoms with Crippen molar-refractivity contribution in [3.05, 3.63) is 71.3 Å². The van der Waals surface area contributed by atoms with E-state index in [1.807, 2.05) is 6.07 Å². The molecule has 1 aliphatic rings. The van der Waals surface area contributed by atoms with Gasteiger partial charge >= 0.3 is 6.18 Å². The zero-order valence-electron chi connectivity index (χ0n) is 17.1. The molecule has 168 valence electrons. The zero-order chi connectivity index (χ0) is 22.7. The lowest BCUT2D eigenvalue weighted by molar-refractivity contribution is -0.143. The second kappa shape index (κ2) is 9.07. The van der Waals surface area contributed by atoms with Gasteiger partial charge in [0.1, 0.15) is 5.82 Å². The number of alkyl halides is 3. The highest BCUT2D eigenvalue weighted by Gasteiger charge is 2.42. The molecule has 0 saturated carbocycles. The van der Waals surface area contributed by atoms with Gasteiger partial charge in [0.15, 0.2) is 11.4 Å². The van der Waals surface area contributed by atoms with Crippen molar-refractivity contribution in [2.24, 2.45) is 0 Å². The maximum Gasteiger partial charge on any atom is 0.435 e. The van der Waals surface area contributed by atoms with Gasteiger partial charge in [-0.1, -0.05) is 23.8 Å². The molecule has 2 heterocycles. The lowest BCUT2D eigenvalue weighted by atomic mass is 10.1. The highest BCUT2D eigenvalue weighted by molar-refractivity contribution is 6.03. The highest BCUT2D eigenvalue weighted by Crippen LogP contribution is 2.33. The highest BCUT2D eigenvalue weighted by atomic mass is 19.4. The number of piperidine rings is 1. The first kappa shape index (κ1) is 21.9. The van der Waals surface area contributed by atoms with Gasteiger partial charge in [-0.2, -0.15) is 13.2 Å². The third-order valence-corrected chi connectivity index (χ3v) is 5.26. The van der Waals surface area contributed by atoms with Crippen LogP contribution in [0.25, 0.3) is 5.69 Å². The number of carbonyl (C=O) groups is 1. The summed E-state index contributed by atoms with van der Waals surface area (Å²) in [6.45, 7) is 2.70.